The molecule has 22 heavy (non-hydrogen) atoms. The van der Waals surface area contributed by atoms with Crippen molar-refractivity contribution in [2.24, 2.45) is 0 Å². The van der Waals surface area contributed by atoms with E-state index in [1.54, 1.807) is 23.9 Å². The number of carbonyl (C=O) groups is 1. The van der Waals surface area contributed by atoms with Crippen LogP contribution in [0.2, 0.25) is 10.2 Å². The highest BCUT2D eigenvalue weighted by molar-refractivity contribution is 7.99. The lowest BCUT2D eigenvalue weighted by atomic mass is 10.3. The van der Waals surface area contributed by atoms with E-state index >= 15 is 0 Å². The summed E-state index contributed by atoms with van der Waals surface area (Å²) < 4.78 is 12.8. The molecule has 0 saturated carbocycles. The molecule has 2 aromatic rings. The molecule has 0 bridgehead atoms. The summed E-state index contributed by atoms with van der Waals surface area (Å²) >= 11 is 13.3. The van der Waals surface area contributed by atoms with Crippen LogP contribution < -0.4 is 5.32 Å². The van der Waals surface area contributed by atoms with Crippen LogP contribution in [0.25, 0.3) is 0 Å². The van der Waals surface area contributed by atoms with E-state index in [1.807, 2.05) is 0 Å². The van der Waals surface area contributed by atoms with Gasteiger partial charge in [-0.05, 0) is 48.6 Å². The molecule has 0 aliphatic heterocycles. The van der Waals surface area contributed by atoms with Gasteiger partial charge in [-0.15, -0.1) is 11.8 Å². The Morgan fingerprint density at radius 1 is 1.18 bits per heavy atom. The van der Waals surface area contributed by atoms with E-state index in [-0.39, 0.29) is 27.6 Å². The second-order valence-electron chi connectivity index (χ2n) is 4.38. The summed E-state index contributed by atoms with van der Waals surface area (Å²) in [6.45, 7) is 0.498. The predicted molar refractivity (Wildman–Crippen MR) is 88.3 cm³/mol. The van der Waals surface area contributed by atoms with Gasteiger partial charge in [-0.1, -0.05) is 23.2 Å². The third-order valence-electron chi connectivity index (χ3n) is 2.72. The number of nitrogens with zero attached hydrogens (tertiary/aromatic N) is 1. The number of benzene rings is 1. The minimum absolute atomic E-state index is 0.125. The van der Waals surface area contributed by atoms with Crippen molar-refractivity contribution in [2.75, 3.05) is 12.3 Å². The van der Waals surface area contributed by atoms with Crippen LogP contribution in [-0.4, -0.2) is 23.2 Å². The Kier molecular flexibility index (Phi) is 6.49. The fourth-order valence-electron chi connectivity index (χ4n) is 1.66. The van der Waals surface area contributed by atoms with Crippen LogP contribution in [0.1, 0.15) is 16.9 Å². The number of carbonyl (C=O) groups excluding carboxylic acids is 1. The van der Waals surface area contributed by atoms with Crippen LogP contribution in [0, 0.1) is 5.82 Å². The molecule has 1 heterocycles. The van der Waals surface area contributed by atoms with Crippen LogP contribution in [0.3, 0.4) is 0 Å². The van der Waals surface area contributed by atoms with Gasteiger partial charge in [-0.25, -0.2) is 9.37 Å². The quantitative estimate of drug-likeness (QED) is 0.471. The zero-order valence-corrected chi connectivity index (χ0v) is 13.8. The van der Waals surface area contributed by atoms with Crippen LogP contribution in [0.15, 0.2) is 41.3 Å². The predicted octanol–water partition coefficient (Wildman–Crippen LogP) is 4.44. The average molecular weight is 359 g/mol. The first-order chi connectivity index (χ1) is 10.6. The summed E-state index contributed by atoms with van der Waals surface area (Å²) in [7, 11) is 0. The largest absolute Gasteiger partial charge is 0.351 e. The topological polar surface area (TPSA) is 42.0 Å². The molecular weight excluding hydrogens is 346 g/mol. The highest BCUT2D eigenvalue weighted by Gasteiger charge is 2.12. The van der Waals surface area contributed by atoms with Crippen LogP contribution >= 0.6 is 35.0 Å². The van der Waals surface area contributed by atoms with Gasteiger partial charge in [0, 0.05) is 11.4 Å². The number of thioether (sulfide) groups is 1. The molecule has 1 N–H and O–H groups in total. The zero-order valence-electron chi connectivity index (χ0n) is 11.5. The lowest BCUT2D eigenvalue weighted by molar-refractivity contribution is 0.0949. The van der Waals surface area contributed by atoms with Crippen molar-refractivity contribution >= 4 is 40.9 Å². The number of hydrogen-bond acceptors (Lipinski definition) is 3. The maximum absolute atomic E-state index is 12.8. The summed E-state index contributed by atoms with van der Waals surface area (Å²) in [6, 6.07) is 9.38. The van der Waals surface area contributed by atoms with Gasteiger partial charge in [0.05, 0.1) is 5.02 Å². The maximum atomic E-state index is 12.8. The molecule has 0 aliphatic rings. The number of pyridine rings is 1. The van der Waals surface area contributed by atoms with Gasteiger partial charge in [0.1, 0.15) is 16.7 Å². The fraction of sp³-hybridized carbons (Fsp3) is 0.200. The molecule has 0 aliphatic carbocycles. The first kappa shape index (κ1) is 17.1. The lowest BCUT2D eigenvalue weighted by Crippen LogP contribution is -2.26. The molecule has 7 heteroatoms. The molecule has 1 amide bonds. The third kappa shape index (κ3) is 5.16. The van der Waals surface area contributed by atoms with Crippen molar-refractivity contribution in [3.05, 3.63) is 58.1 Å². The van der Waals surface area contributed by atoms with Crippen molar-refractivity contribution in [1.29, 1.82) is 0 Å². The Morgan fingerprint density at radius 2 is 1.91 bits per heavy atom. The van der Waals surface area contributed by atoms with Crippen LogP contribution in [0.5, 0.6) is 0 Å². The van der Waals surface area contributed by atoms with Crippen LogP contribution in [-0.2, 0) is 0 Å². The number of amides is 1. The highest BCUT2D eigenvalue weighted by Crippen LogP contribution is 2.19. The van der Waals surface area contributed by atoms with Crippen molar-refractivity contribution in [3.63, 3.8) is 0 Å². The van der Waals surface area contributed by atoms with Gasteiger partial charge in [0.25, 0.3) is 5.91 Å². The Labute approximate surface area is 142 Å². The third-order valence-corrected chi connectivity index (χ3v) is 4.33. The second kappa shape index (κ2) is 8.36. The number of rotatable bonds is 6. The number of halogens is 3. The zero-order chi connectivity index (χ0) is 15.9. The number of hydrogen-bond donors (Lipinski definition) is 1. The average Bonchev–Trinajstić information content (AvgIpc) is 2.51. The molecule has 0 atom stereocenters. The van der Waals surface area contributed by atoms with E-state index in [0.717, 1.165) is 17.1 Å². The maximum Gasteiger partial charge on any atom is 0.271 e. The van der Waals surface area contributed by atoms with E-state index < -0.39 is 0 Å². The number of nitrogens with one attached hydrogen (secondary N) is 1. The van der Waals surface area contributed by atoms with Gasteiger partial charge in [-0.2, -0.15) is 0 Å². The van der Waals surface area contributed by atoms with Crippen molar-refractivity contribution in [3.8, 4) is 0 Å². The fourth-order valence-corrected chi connectivity index (χ4v) is 2.85. The molecule has 1 aromatic carbocycles. The normalized spacial score (nSPS) is 10.5. The van der Waals surface area contributed by atoms with Crippen LogP contribution in [0.4, 0.5) is 4.39 Å². The molecule has 0 spiro atoms. The molecule has 0 fully saturated rings. The van der Waals surface area contributed by atoms with Gasteiger partial charge in [0.15, 0.2) is 0 Å². The Bertz CT molecular complexity index is 652. The SMILES string of the molecule is O=C(NCCCSc1ccc(F)cc1)c1nc(Cl)ccc1Cl. The summed E-state index contributed by atoms with van der Waals surface area (Å²) in [5.74, 6) is 0.213. The van der Waals surface area contributed by atoms with Crippen molar-refractivity contribution in [1.82, 2.24) is 10.3 Å². The molecule has 0 saturated heterocycles. The van der Waals surface area contributed by atoms with E-state index in [2.05, 4.69) is 10.3 Å². The molecule has 0 unspecified atom stereocenters. The van der Waals surface area contributed by atoms with E-state index in [4.69, 9.17) is 23.2 Å². The van der Waals surface area contributed by atoms with Gasteiger partial charge in [-0.3, -0.25) is 4.79 Å². The first-order valence-corrected chi connectivity index (χ1v) is 8.29. The van der Waals surface area contributed by atoms with Gasteiger partial charge in [0.2, 0.25) is 0 Å². The minimum atomic E-state index is -0.348. The highest BCUT2D eigenvalue weighted by atomic mass is 35.5. The monoisotopic (exact) mass is 358 g/mol. The number of aromatic nitrogens is 1. The van der Waals surface area contributed by atoms with Gasteiger partial charge >= 0.3 is 0 Å². The Balaban J connectivity index is 1.73. The molecule has 0 radical (unpaired) electrons. The standard InChI is InChI=1S/C15H13Cl2FN2OS/c16-12-6-7-13(17)20-14(12)15(21)19-8-1-9-22-11-4-2-10(18)3-5-11/h2-7H,1,8-9H2,(H,19,21). The molecule has 3 nitrogen and oxygen atoms in total. The Morgan fingerprint density at radius 3 is 2.64 bits per heavy atom. The van der Waals surface area contributed by atoms with Crippen molar-refractivity contribution < 1.29 is 9.18 Å². The Hall–Kier alpha value is -1.30. The minimum Gasteiger partial charge on any atom is -0.351 e. The second-order valence-corrected chi connectivity index (χ2v) is 6.34. The summed E-state index contributed by atoms with van der Waals surface area (Å²) in [6.07, 6.45) is 0.770. The van der Waals surface area contributed by atoms with E-state index in [9.17, 15) is 9.18 Å². The summed E-state index contributed by atoms with van der Waals surface area (Å²) in [5, 5.41) is 3.23. The molecule has 1 aromatic heterocycles. The molecule has 116 valence electrons. The summed E-state index contributed by atoms with van der Waals surface area (Å²) in [5.41, 5.74) is 0.125. The smallest absolute Gasteiger partial charge is 0.271 e. The van der Waals surface area contributed by atoms with E-state index in [1.165, 1.54) is 24.3 Å². The van der Waals surface area contributed by atoms with E-state index in [0.29, 0.717) is 6.54 Å². The van der Waals surface area contributed by atoms with Gasteiger partial charge < -0.3 is 5.32 Å². The lowest BCUT2D eigenvalue weighted by Gasteiger charge is -2.06. The molecular formula is C15H13Cl2FN2OS. The summed E-state index contributed by atoms with van der Waals surface area (Å²) in [4.78, 5) is 16.8. The van der Waals surface area contributed by atoms with Crippen molar-refractivity contribution in [2.45, 2.75) is 11.3 Å². The molecule has 2 rings (SSSR count). The first-order valence-electron chi connectivity index (χ1n) is 6.55.